The van der Waals surface area contributed by atoms with Gasteiger partial charge in [-0.05, 0) is 12.8 Å². The zero-order valence-electron chi connectivity index (χ0n) is 10.8. The Balaban J connectivity index is 1.89. The first-order valence-electron chi connectivity index (χ1n) is 6.56. The third-order valence-electron chi connectivity index (χ3n) is 3.83. The van der Waals surface area contributed by atoms with Crippen LogP contribution in [0.25, 0.3) is 0 Å². The van der Waals surface area contributed by atoms with Gasteiger partial charge in [0.25, 0.3) is 0 Å². The summed E-state index contributed by atoms with van der Waals surface area (Å²) in [4.78, 5) is 26.6. The maximum atomic E-state index is 11.5. The summed E-state index contributed by atoms with van der Waals surface area (Å²) in [7, 11) is 0. The van der Waals surface area contributed by atoms with Gasteiger partial charge in [0.05, 0.1) is 0 Å². The molecular formula is C13H20N2O3. The quantitative estimate of drug-likeness (QED) is 0.749. The first kappa shape index (κ1) is 13.1. The van der Waals surface area contributed by atoms with Crippen LogP contribution in [0.1, 0.15) is 26.2 Å². The van der Waals surface area contributed by atoms with Gasteiger partial charge < -0.3 is 10.0 Å². The number of aliphatic carboxylic acids is 1. The van der Waals surface area contributed by atoms with Gasteiger partial charge in [-0.1, -0.05) is 13.0 Å². The summed E-state index contributed by atoms with van der Waals surface area (Å²) in [5.41, 5.74) is 0.472. The second kappa shape index (κ2) is 5.52. The summed E-state index contributed by atoms with van der Waals surface area (Å²) in [6.07, 6.45) is 3.97. The summed E-state index contributed by atoms with van der Waals surface area (Å²) in [5, 5.41) is 8.95. The predicted molar refractivity (Wildman–Crippen MR) is 67.2 cm³/mol. The van der Waals surface area contributed by atoms with Crippen molar-refractivity contribution in [2.75, 3.05) is 26.2 Å². The van der Waals surface area contributed by atoms with Crippen molar-refractivity contribution in [3.8, 4) is 0 Å². The predicted octanol–water partition coefficient (Wildman–Crippen LogP) is 0.714. The number of nitrogens with zero attached hydrogens (tertiary/aromatic N) is 2. The van der Waals surface area contributed by atoms with Crippen LogP contribution >= 0.6 is 0 Å². The molecule has 2 aliphatic heterocycles. The van der Waals surface area contributed by atoms with E-state index in [4.69, 9.17) is 5.11 Å². The third-order valence-corrected chi connectivity index (χ3v) is 3.83. The number of rotatable bonds is 4. The van der Waals surface area contributed by atoms with E-state index < -0.39 is 5.97 Å². The topological polar surface area (TPSA) is 60.9 Å². The summed E-state index contributed by atoms with van der Waals surface area (Å²) < 4.78 is 0. The molecule has 2 saturated heterocycles. The molecule has 2 fully saturated rings. The number of carbonyl (C=O) groups excluding carboxylic acids is 1. The van der Waals surface area contributed by atoms with Gasteiger partial charge in [-0.25, -0.2) is 4.79 Å². The number of hydrogen-bond donors (Lipinski definition) is 1. The Labute approximate surface area is 107 Å². The summed E-state index contributed by atoms with van der Waals surface area (Å²) >= 11 is 0. The molecule has 100 valence electrons. The molecule has 0 spiro atoms. The average Bonchev–Trinajstić information content (AvgIpc) is 2.71. The number of hydrogen-bond acceptors (Lipinski definition) is 3. The molecule has 18 heavy (non-hydrogen) atoms. The van der Waals surface area contributed by atoms with E-state index >= 15 is 0 Å². The van der Waals surface area contributed by atoms with Gasteiger partial charge in [-0.3, -0.25) is 9.69 Å². The molecular weight excluding hydrogens is 232 g/mol. The fraction of sp³-hybridized carbons (Fsp3) is 0.692. The van der Waals surface area contributed by atoms with Gasteiger partial charge in [0.2, 0.25) is 5.91 Å². The average molecular weight is 252 g/mol. The highest BCUT2D eigenvalue weighted by molar-refractivity contribution is 5.86. The van der Waals surface area contributed by atoms with Gasteiger partial charge >= 0.3 is 5.97 Å². The van der Waals surface area contributed by atoms with Crippen LogP contribution in [0, 0.1) is 0 Å². The Morgan fingerprint density at radius 2 is 2.28 bits per heavy atom. The number of fused-ring (bicyclic) bond motifs is 1. The molecule has 5 heteroatoms. The summed E-state index contributed by atoms with van der Waals surface area (Å²) in [6, 6.07) is 0.342. The fourth-order valence-electron chi connectivity index (χ4n) is 2.72. The minimum atomic E-state index is -0.827. The van der Waals surface area contributed by atoms with Crippen molar-refractivity contribution in [2.24, 2.45) is 0 Å². The van der Waals surface area contributed by atoms with E-state index in [1.54, 1.807) is 6.08 Å². The molecule has 0 aromatic carbocycles. The second-order valence-corrected chi connectivity index (χ2v) is 4.93. The number of amides is 1. The summed E-state index contributed by atoms with van der Waals surface area (Å²) in [6.45, 7) is 5.03. The Morgan fingerprint density at radius 3 is 2.94 bits per heavy atom. The van der Waals surface area contributed by atoms with E-state index in [-0.39, 0.29) is 5.91 Å². The van der Waals surface area contributed by atoms with Crippen molar-refractivity contribution >= 4 is 11.9 Å². The van der Waals surface area contributed by atoms with Crippen LogP contribution in [0.15, 0.2) is 11.6 Å². The van der Waals surface area contributed by atoms with Crippen LogP contribution in [0.2, 0.25) is 0 Å². The highest BCUT2D eigenvalue weighted by Crippen LogP contribution is 2.22. The standard InChI is InChI=1S/C13H20N2O3/c1-2-10(13(17)18)5-6-14-7-8-15-11(9-14)3-4-12(15)16/h5,11H,2-4,6-9H2,1H3,(H,17,18). The number of carbonyl (C=O) groups is 2. The molecule has 0 aromatic heterocycles. The Bertz CT molecular complexity index is 378. The van der Waals surface area contributed by atoms with Crippen molar-refractivity contribution in [1.29, 1.82) is 0 Å². The van der Waals surface area contributed by atoms with Crippen LogP contribution in [0.4, 0.5) is 0 Å². The van der Waals surface area contributed by atoms with Crippen molar-refractivity contribution in [3.05, 3.63) is 11.6 Å². The Kier molecular flexibility index (Phi) is 4.01. The molecule has 0 radical (unpaired) electrons. The SMILES string of the molecule is CCC(=CCN1CCN2C(=O)CCC2C1)C(=O)O. The molecule has 2 aliphatic rings. The minimum absolute atomic E-state index is 0.273. The van der Waals surface area contributed by atoms with Gasteiger partial charge in [0.1, 0.15) is 0 Å². The number of carboxylic acids is 1. The molecule has 0 saturated carbocycles. The molecule has 2 rings (SSSR count). The molecule has 1 N–H and O–H groups in total. The zero-order valence-corrected chi connectivity index (χ0v) is 10.8. The lowest BCUT2D eigenvalue weighted by atomic mass is 10.1. The van der Waals surface area contributed by atoms with Gasteiger partial charge in [0.15, 0.2) is 0 Å². The van der Waals surface area contributed by atoms with Crippen LogP contribution in [0.3, 0.4) is 0 Å². The normalized spacial score (nSPS) is 25.4. The van der Waals surface area contributed by atoms with Gasteiger partial charge in [0, 0.05) is 44.2 Å². The van der Waals surface area contributed by atoms with Crippen LogP contribution in [-0.2, 0) is 9.59 Å². The van der Waals surface area contributed by atoms with Gasteiger partial charge in [-0.2, -0.15) is 0 Å². The third kappa shape index (κ3) is 2.72. The lowest BCUT2D eigenvalue weighted by Gasteiger charge is -2.37. The Hall–Kier alpha value is -1.36. The van der Waals surface area contributed by atoms with E-state index in [1.165, 1.54) is 0 Å². The molecule has 1 unspecified atom stereocenters. The van der Waals surface area contributed by atoms with E-state index in [0.717, 1.165) is 26.1 Å². The highest BCUT2D eigenvalue weighted by Gasteiger charge is 2.34. The second-order valence-electron chi connectivity index (χ2n) is 4.93. The highest BCUT2D eigenvalue weighted by atomic mass is 16.4. The lowest BCUT2D eigenvalue weighted by Crippen LogP contribution is -2.51. The molecule has 1 amide bonds. The van der Waals surface area contributed by atoms with Crippen LogP contribution in [0.5, 0.6) is 0 Å². The first-order valence-corrected chi connectivity index (χ1v) is 6.56. The molecule has 0 bridgehead atoms. The number of carboxylic acid groups (broad SMARTS) is 1. The maximum Gasteiger partial charge on any atom is 0.331 e. The minimum Gasteiger partial charge on any atom is -0.478 e. The van der Waals surface area contributed by atoms with E-state index in [2.05, 4.69) is 4.90 Å². The van der Waals surface area contributed by atoms with Crippen molar-refractivity contribution < 1.29 is 14.7 Å². The smallest absolute Gasteiger partial charge is 0.331 e. The largest absolute Gasteiger partial charge is 0.478 e. The zero-order chi connectivity index (χ0) is 13.1. The molecule has 2 heterocycles. The monoisotopic (exact) mass is 252 g/mol. The number of piperazine rings is 1. The summed E-state index contributed by atoms with van der Waals surface area (Å²) in [5.74, 6) is -0.554. The van der Waals surface area contributed by atoms with Crippen LogP contribution < -0.4 is 0 Å². The van der Waals surface area contributed by atoms with Crippen molar-refractivity contribution in [3.63, 3.8) is 0 Å². The first-order chi connectivity index (χ1) is 8.61. The van der Waals surface area contributed by atoms with E-state index in [9.17, 15) is 9.59 Å². The molecule has 5 nitrogen and oxygen atoms in total. The maximum absolute atomic E-state index is 11.5. The van der Waals surface area contributed by atoms with E-state index in [0.29, 0.717) is 31.0 Å². The Morgan fingerprint density at radius 1 is 1.50 bits per heavy atom. The van der Waals surface area contributed by atoms with Crippen molar-refractivity contribution in [1.82, 2.24) is 9.80 Å². The van der Waals surface area contributed by atoms with Crippen molar-refractivity contribution in [2.45, 2.75) is 32.2 Å². The lowest BCUT2D eigenvalue weighted by molar-refractivity contribution is -0.133. The molecule has 0 aliphatic carbocycles. The van der Waals surface area contributed by atoms with Gasteiger partial charge in [-0.15, -0.1) is 0 Å². The fourth-order valence-corrected chi connectivity index (χ4v) is 2.72. The molecule has 1 atom stereocenters. The molecule has 0 aromatic rings. The van der Waals surface area contributed by atoms with E-state index in [1.807, 2.05) is 11.8 Å². The van der Waals surface area contributed by atoms with Crippen LogP contribution in [-0.4, -0.2) is 59.0 Å².